The third-order valence-electron chi connectivity index (χ3n) is 7.56. The van der Waals surface area contributed by atoms with Crippen LogP contribution < -0.4 is 35.9 Å². The van der Waals surface area contributed by atoms with Crippen LogP contribution >= 0.6 is 0 Å². The molecule has 0 unspecified atom stereocenters. The molecule has 0 fully saturated rings. The van der Waals surface area contributed by atoms with Crippen LogP contribution in [0.2, 0.25) is 0 Å². The van der Waals surface area contributed by atoms with Crippen molar-refractivity contribution in [3.05, 3.63) is 41.6 Å². The average Bonchev–Trinajstić information content (AvgIpc) is 3.36. The fourth-order valence-electron chi connectivity index (χ4n) is 5.60. The summed E-state index contributed by atoms with van der Waals surface area (Å²) in [5, 5.41) is 2.42. The van der Waals surface area contributed by atoms with E-state index >= 15 is 0 Å². The molecule has 0 radical (unpaired) electrons. The monoisotopic (exact) mass is 525 g/mol. The Hall–Kier alpha value is -2.66. The summed E-state index contributed by atoms with van der Waals surface area (Å²) in [5.41, 5.74) is 5.35. The van der Waals surface area contributed by atoms with Gasteiger partial charge in [0, 0.05) is 17.4 Å². The summed E-state index contributed by atoms with van der Waals surface area (Å²) < 4.78 is 26.0. The van der Waals surface area contributed by atoms with E-state index in [-0.39, 0.29) is 12.4 Å². The molecule has 3 aromatic rings. The molecule has 5 rings (SSSR count). The minimum absolute atomic E-state index is 0. The number of methoxy groups -OCH3 is 1. The summed E-state index contributed by atoms with van der Waals surface area (Å²) in [6, 6.07) is 8.69. The highest BCUT2D eigenvalue weighted by atomic mass is 35.5. The van der Waals surface area contributed by atoms with E-state index in [0.717, 1.165) is 60.6 Å². The summed E-state index contributed by atoms with van der Waals surface area (Å²) in [5.74, 6) is 3.41. The van der Waals surface area contributed by atoms with Gasteiger partial charge in [0.05, 0.1) is 24.7 Å². The number of aromatic nitrogens is 1. The number of benzene rings is 2. The van der Waals surface area contributed by atoms with Gasteiger partial charge in [-0.05, 0) is 49.1 Å². The maximum absolute atomic E-state index is 6.35. The summed E-state index contributed by atoms with van der Waals surface area (Å²) in [6.07, 6.45) is 14.1. The molecule has 200 valence electrons. The van der Waals surface area contributed by atoms with Gasteiger partial charge in [-0.3, -0.25) is 0 Å². The average molecular weight is 526 g/mol. The lowest BCUT2D eigenvalue weighted by atomic mass is 9.89. The standard InChI is InChI=1S/C31H40NO4.ClH/c1-4-6-8-9-10-11-12-24-23-13-14-27(33-3)31(34-17-7-5-2)26(23)20-32-16-15-22-18-28-29(36-21-35-28)19-25(22)30(24)32;/h13-14,18-20H,4-12,15-17,21H2,1-3H3;1H/q+1;/p-1. The van der Waals surface area contributed by atoms with Gasteiger partial charge in [-0.25, -0.2) is 0 Å². The first-order valence-electron chi connectivity index (χ1n) is 13.9. The third-order valence-corrected chi connectivity index (χ3v) is 7.56. The van der Waals surface area contributed by atoms with Gasteiger partial charge < -0.3 is 31.4 Å². The molecular formula is C31H40ClNO4. The van der Waals surface area contributed by atoms with Gasteiger partial charge in [0.25, 0.3) is 0 Å². The van der Waals surface area contributed by atoms with Crippen molar-refractivity contribution in [2.24, 2.45) is 0 Å². The molecule has 0 atom stereocenters. The first-order chi connectivity index (χ1) is 17.7. The zero-order valence-corrected chi connectivity index (χ0v) is 23.3. The Balaban J connectivity index is 0.00000320. The number of pyridine rings is 1. The number of hydrogen-bond acceptors (Lipinski definition) is 4. The number of hydrogen-bond donors (Lipinski definition) is 0. The Bertz CT molecular complexity index is 1230. The zero-order chi connectivity index (χ0) is 24.9. The number of unbranched alkanes of at least 4 members (excludes halogenated alkanes) is 6. The van der Waals surface area contributed by atoms with Gasteiger partial charge in [-0.15, -0.1) is 0 Å². The van der Waals surface area contributed by atoms with Crippen molar-refractivity contribution in [1.82, 2.24) is 0 Å². The second-order valence-electron chi connectivity index (χ2n) is 10.0. The lowest BCUT2D eigenvalue weighted by Crippen LogP contribution is -3.00. The Morgan fingerprint density at radius 1 is 0.892 bits per heavy atom. The zero-order valence-electron chi connectivity index (χ0n) is 22.5. The second-order valence-corrected chi connectivity index (χ2v) is 10.0. The first-order valence-corrected chi connectivity index (χ1v) is 13.9. The van der Waals surface area contributed by atoms with Gasteiger partial charge in [-0.1, -0.05) is 52.4 Å². The van der Waals surface area contributed by atoms with Crippen LogP contribution in [0.25, 0.3) is 22.0 Å². The van der Waals surface area contributed by atoms with E-state index in [4.69, 9.17) is 18.9 Å². The van der Waals surface area contributed by atoms with Crippen molar-refractivity contribution in [2.45, 2.75) is 84.6 Å². The Labute approximate surface area is 227 Å². The number of aryl methyl sites for hydroxylation is 3. The van der Waals surface area contributed by atoms with E-state index in [1.807, 2.05) is 0 Å². The van der Waals surface area contributed by atoms with Gasteiger partial charge >= 0.3 is 0 Å². The number of ether oxygens (including phenoxy) is 4. The number of nitrogens with zero attached hydrogens (tertiary/aromatic N) is 1. The molecule has 0 aliphatic carbocycles. The number of halogens is 1. The molecule has 0 bridgehead atoms. The summed E-state index contributed by atoms with van der Waals surface area (Å²) >= 11 is 0. The van der Waals surface area contributed by atoms with Crippen molar-refractivity contribution in [3.8, 4) is 34.3 Å². The summed E-state index contributed by atoms with van der Waals surface area (Å²) in [7, 11) is 1.73. The number of fused-ring (bicyclic) bond motifs is 5. The molecule has 0 N–H and O–H groups in total. The number of rotatable bonds is 12. The SMILES string of the molecule is CCCCCCCCc1c2[n+](cc3c(OCCCC)c(OC)ccc13)CCc1cc3c(cc1-2)OCO3.[Cl-]. The van der Waals surface area contributed by atoms with E-state index in [0.29, 0.717) is 13.4 Å². The Kier molecular flexibility index (Phi) is 9.42. The lowest BCUT2D eigenvalue weighted by molar-refractivity contribution is -0.686. The van der Waals surface area contributed by atoms with E-state index in [1.165, 1.54) is 66.3 Å². The van der Waals surface area contributed by atoms with Gasteiger partial charge in [0.1, 0.15) is 0 Å². The van der Waals surface area contributed by atoms with Gasteiger partial charge in [-0.2, -0.15) is 4.57 Å². The van der Waals surface area contributed by atoms with Crippen molar-refractivity contribution < 1.29 is 35.9 Å². The smallest absolute Gasteiger partial charge is 0.231 e. The van der Waals surface area contributed by atoms with Crippen molar-refractivity contribution >= 4 is 10.8 Å². The largest absolute Gasteiger partial charge is 1.00 e. The predicted molar refractivity (Wildman–Crippen MR) is 143 cm³/mol. The highest BCUT2D eigenvalue weighted by Crippen LogP contribution is 2.44. The van der Waals surface area contributed by atoms with E-state index < -0.39 is 0 Å². The van der Waals surface area contributed by atoms with Crippen LogP contribution in [0.5, 0.6) is 23.0 Å². The molecule has 3 heterocycles. The van der Waals surface area contributed by atoms with E-state index in [1.54, 1.807) is 7.11 Å². The first kappa shape index (κ1) is 27.4. The maximum atomic E-state index is 6.35. The quantitative estimate of drug-likeness (QED) is 0.263. The molecule has 0 saturated carbocycles. The van der Waals surface area contributed by atoms with Gasteiger partial charge in [0.15, 0.2) is 35.7 Å². The van der Waals surface area contributed by atoms with Crippen molar-refractivity contribution in [2.75, 3.05) is 20.5 Å². The Morgan fingerprint density at radius 3 is 2.43 bits per heavy atom. The fourth-order valence-corrected chi connectivity index (χ4v) is 5.60. The molecule has 0 amide bonds. The molecule has 2 aliphatic heterocycles. The fraction of sp³-hybridized carbons (Fsp3) is 0.516. The molecular weight excluding hydrogens is 486 g/mol. The van der Waals surface area contributed by atoms with Crippen LogP contribution in [0.4, 0.5) is 0 Å². The minimum Gasteiger partial charge on any atom is -1.00 e. The van der Waals surface area contributed by atoms with Crippen LogP contribution in [0, 0.1) is 0 Å². The highest BCUT2D eigenvalue weighted by Gasteiger charge is 2.32. The van der Waals surface area contributed by atoms with Crippen LogP contribution in [-0.2, 0) is 19.4 Å². The molecule has 2 aliphatic rings. The third kappa shape index (κ3) is 5.62. The van der Waals surface area contributed by atoms with Crippen LogP contribution in [0.15, 0.2) is 30.5 Å². The van der Waals surface area contributed by atoms with Crippen molar-refractivity contribution in [1.29, 1.82) is 0 Å². The molecule has 0 spiro atoms. The molecule has 1 aromatic heterocycles. The lowest BCUT2D eigenvalue weighted by Gasteiger charge is -2.21. The van der Waals surface area contributed by atoms with Crippen LogP contribution in [-0.4, -0.2) is 20.5 Å². The maximum Gasteiger partial charge on any atom is 0.231 e. The van der Waals surface area contributed by atoms with Gasteiger partial charge in [0.2, 0.25) is 12.5 Å². The van der Waals surface area contributed by atoms with E-state index in [2.05, 4.69) is 48.9 Å². The van der Waals surface area contributed by atoms with Crippen molar-refractivity contribution in [3.63, 3.8) is 0 Å². The van der Waals surface area contributed by atoms with E-state index in [9.17, 15) is 0 Å². The second kappa shape index (κ2) is 12.7. The molecule has 0 saturated heterocycles. The van der Waals surface area contributed by atoms with Crippen LogP contribution in [0.3, 0.4) is 0 Å². The normalized spacial score (nSPS) is 13.2. The molecule has 37 heavy (non-hydrogen) atoms. The van der Waals surface area contributed by atoms with Crippen LogP contribution in [0.1, 0.15) is 76.3 Å². The highest BCUT2D eigenvalue weighted by molar-refractivity contribution is 5.95. The molecule has 2 aromatic carbocycles. The predicted octanol–water partition coefficient (Wildman–Crippen LogP) is 4.17. The Morgan fingerprint density at radius 2 is 1.65 bits per heavy atom. The summed E-state index contributed by atoms with van der Waals surface area (Å²) in [6.45, 7) is 6.41. The molecule has 5 nitrogen and oxygen atoms in total. The minimum atomic E-state index is 0. The topological polar surface area (TPSA) is 40.8 Å². The molecule has 6 heteroatoms. The summed E-state index contributed by atoms with van der Waals surface area (Å²) in [4.78, 5) is 0.